The lowest BCUT2D eigenvalue weighted by Crippen LogP contribution is -3.14. The van der Waals surface area contributed by atoms with Gasteiger partial charge in [-0.15, -0.1) is 0 Å². The van der Waals surface area contributed by atoms with E-state index in [2.05, 4.69) is 0 Å². The van der Waals surface area contributed by atoms with Crippen molar-refractivity contribution in [2.75, 3.05) is 26.2 Å². The molecule has 8 heteroatoms. The molecule has 150 valence electrons. The molecule has 1 aliphatic heterocycles. The summed E-state index contributed by atoms with van der Waals surface area (Å²) in [5.41, 5.74) is 2.78. The first-order valence-electron chi connectivity index (χ1n) is 9.36. The van der Waals surface area contributed by atoms with Crippen LogP contribution < -0.4 is 4.90 Å². The Morgan fingerprint density at radius 3 is 2.39 bits per heavy atom. The molecule has 7 nitrogen and oxygen atoms in total. The zero-order chi connectivity index (χ0) is 20.5. The monoisotopic (exact) mass is 404 g/mol. The van der Waals surface area contributed by atoms with Crippen molar-refractivity contribution in [1.29, 1.82) is 0 Å². The van der Waals surface area contributed by atoms with E-state index in [-0.39, 0.29) is 16.7 Å². The van der Waals surface area contributed by atoms with Crippen molar-refractivity contribution in [3.05, 3.63) is 69.3 Å². The highest BCUT2D eigenvalue weighted by atomic mass is 32.2. The molecule has 0 radical (unpaired) electrons. The molecule has 0 amide bonds. The summed E-state index contributed by atoms with van der Waals surface area (Å²) in [6, 6.07) is 12.1. The van der Waals surface area contributed by atoms with E-state index in [0.717, 1.165) is 16.7 Å². The summed E-state index contributed by atoms with van der Waals surface area (Å²) < 4.78 is 27.6. The summed E-state index contributed by atoms with van der Waals surface area (Å²) >= 11 is 0. The molecule has 1 heterocycles. The number of nitrogens with zero attached hydrogens (tertiary/aromatic N) is 2. The van der Waals surface area contributed by atoms with Gasteiger partial charge in [0.25, 0.3) is 5.69 Å². The zero-order valence-corrected chi connectivity index (χ0v) is 17.2. The molecule has 0 bridgehead atoms. The summed E-state index contributed by atoms with van der Waals surface area (Å²) in [7, 11) is -3.51. The van der Waals surface area contributed by atoms with Crippen LogP contribution in [-0.2, 0) is 10.0 Å². The van der Waals surface area contributed by atoms with Gasteiger partial charge in [-0.3, -0.25) is 10.1 Å². The minimum atomic E-state index is -3.51. The van der Waals surface area contributed by atoms with E-state index < -0.39 is 10.0 Å². The molecule has 1 saturated heterocycles. The second-order valence-electron chi connectivity index (χ2n) is 7.41. The van der Waals surface area contributed by atoms with Crippen molar-refractivity contribution < 1.29 is 18.2 Å². The largest absolute Gasteiger partial charge is 0.327 e. The number of nitrogens with one attached hydrogen (secondary N) is 1. The van der Waals surface area contributed by atoms with Crippen LogP contribution >= 0.6 is 0 Å². The predicted octanol–water partition coefficient (Wildman–Crippen LogP) is 1.86. The predicted molar refractivity (Wildman–Crippen MR) is 107 cm³/mol. The lowest BCUT2D eigenvalue weighted by atomic mass is 10.1. The van der Waals surface area contributed by atoms with Crippen LogP contribution in [0.3, 0.4) is 0 Å². The van der Waals surface area contributed by atoms with Crippen molar-refractivity contribution >= 4 is 15.7 Å². The number of non-ortho nitro benzene ring substituents is 1. The molecule has 0 aliphatic carbocycles. The fourth-order valence-corrected chi connectivity index (χ4v) is 5.47. The van der Waals surface area contributed by atoms with Crippen molar-refractivity contribution in [3.63, 3.8) is 0 Å². The van der Waals surface area contributed by atoms with Gasteiger partial charge in [-0.05, 0) is 32.4 Å². The number of nitro groups is 1. The van der Waals surface area contributed by atoms with Gasteiger partial charge in [0.05, 0.1) is 36.0 Å². The van der Waals surface area contributed by atoms with Gasteiger partial charge in [0.15, 0.2) is 0 Å². The van der Waals surface area contributed by atoms with Gasteiger partial charge in [0, 0.05) is 17.7 Å². The molecule has 1 N–H and O–H groups in total. The van der Waals surface area contributed by atoms with Crippen LogP contribution in [0.15, 0.2) is 47.4 Å². The van der Waals surface area contributed by atoms with E-state index in [9.17, 15) is 18.5 Å². The molecule has 2 aromatic rings. The summed E-state index contributed by atoms with van der Waals surface area (Å²) in [5, 5.41) is 11.0. The van der Waals surface area contributed by atoms with Crippen molar-refractivity contribution in [1.82, 2.24) is 4.31 Å². The lowest BCUT2D eigenvalue weighted by molar-refractivity contribution is -0.933. The topological polar surface area (TPSA) is 85.0 Å². The lowest BCUT2D eigenvalue weighted by Gasteiger charge is -2.35. The van der Waals surface area contributed by atoms with E-state index in [0.29, 0.717) is 31.1 Å². The Morgan fingerprint density at radius 2 is 1.79 bits per heavy atom. The van der Waals surface area contributed by atoms with Gasteiger partial charge in [-0.2, -0.15) is 4.31 Å². The minimum Gasteiger partial charge on any atom is -0.327 e. The maximum atomic E-state index is 13.0. The Hall–Kier alpha value is -2.29. The Balaban J connectivity index is 1.71. The maximum absolute atomic E-state index is 13.0. The number of quaternary nitrogens is 1. The Kier molecular flexibility index (Phi) is 5.83. The fourth-order valence-electron chi connectivity index (χ4n) is 3.82. The van der Waals surface area contributed by atoms with Gasteiger partial charge >= 0.3 is 0 Å². The zero-order valence-electron chi connectivity index (χ0n) is 16.4. The van der Waals surface area contributed by atoms with Crippen LogP contribution in [0.1, 0.15) is 29.7 Å². The third-order valence-electron chi connectivity index (χ3n) is 5.51. The molecule has 0 aromatic heterocycles. The highest BCUT2D eigenvalue weighted by Gasteiger charge is 2.33. The standard InChI is InChI=1S/C20H25N3O4S/c1-15-7-8-20(16(2)13-15)28(26,27)22-11-9-21(10-12-22)17(3)18-5-4-6-19(14-18)23(24)25/h4-8,13-14,17H,9-12H2,1-3H3/p+1/t17-/m0/s1. The molecule has 1 fully saturated rings. The number of nitro benzene ring substituents is 1. The molecule has 1 atom stereocenters. The summed E-state index contributed by atoms with van der Waals surface area (Å²) in [6.07, 6.45) is 0. The molecular weight excluding hydrogens is 378 g/mol. The normalized spacial score (nSPS) is 17.4. The average Bonchev–Trinajstić information content (AvgIpc) is 2.67. The number of benzene rings is 2. The van der Waals surface area contributed by atoms with Crippen molar-refractivity contribution in [2.24, 2.45) is 0 Å². The van der Waals surface area contributed by atoms with Crippen LogP contribution in [0.5, 0.6) is 0 Å². The van der Waals surface area contributed by atoms with E-state index in [4.69, 9.17) is 0 Å². The van der Waals surface area contributed by atoms with E-state index >= 15 is 0 Å². The fraction of sp³-hybridized carbons (Fsp3) is 0.400. The van der Waals surface area contributed by atoms with Crippen LogP contribution in [0, 0.1) is 24.0 Å². The van der Waals surface area contributed by atoms with Crippen LogP contribution in [-0.4, -0.2) is 43.8 Å². The van der Waals surface area contributed by atoms with Gasteiger partial charge in [0.2, 0.25) is 10.0 Å². The first kappa shape index (κ1) is 20.4. The SMILES string of the molecule is Cc1ccc(S(=O)(=O)N2CC[NH+]([C@@H](C)c3cccc([N+](=O)[O-])c3)CC2)c(C)c1. The first-order chi connectivity index (χ1) is 13.2. The minimum absolute atomic E-state index is 0.0610. The average molecular weight is 405 g/mol. The summed E-state index contributed by atoms with van der Waals surface area (Å²) in [6.45, 7) is 7.99. The van der Waals surface area contributed by atoms with Crippen LogP contribution in [0.25, 0.3) is 0 Å². The van der Waals surface area contributed by atoms with Gasteiger partial charge in [0.1, 0.15) is 6.04 Å². The molecular formula is C20H26N3O4S+. The quantitative estimate of drug-likeness (QED) is 0.609. The van der Waals surface area contributed by atoms with Gasteiger partial charge in [-0.25, -0.2) is 8.42 Å². The number of rotatable bonds is 5. The number of hydrogen-bond donors (Lipinski definition) is 1. The highest BCUT2D eigenvalue weighted by molar-refractivity contribution is 7.89. The second-order valence-corrected chi connectivity index (χ2v) is 9.31. The molecule has 0 spiro atoms. The molecule has 2 aromatic carbocycles. The maximum Gasteiger partial charge on any atom is 0.269 e. The Bertz CT molecular complexity index is 983. The smallest absolute Gasteiger partial charge is 0.269 e. The molecule has 28 heavy (non-hydrogen) atoms. The number of aryl methyl sites for hydroxylation is 2. The highest BCUT2D eigenvalue weighted by Crippen LogP contribution is 2.22. The third-order valence-corrected chi connectivity index (χ3v) is 7.57. The van der Waals surface area contributed by atoms with Crippen molar-refractivity contribution in [2.45, 2.75) is 31.7 Å². The molecule has 3 rings (SSSR count). The van der Waals surface area contributed by atoms with E-state index in [1.54, 1.807) is 22.5 Å². The third kappa shape index (κ3) is 4.09. The summed E-state index contributed by atoms with van der Waals surface area (Å²) in [4.78, 5) is 12.2. The molecule has 1 aliphatic rings. The van der Waals surface area contributed by atoms with Crippen LogP contribution in [0.2, 0.25) is 0 Å². The first-order valence-corrected chi connectivity index (χ1v) is 10.8. The van der Waals surface area contributed by atoms with E-state index in [1.165, 1.54) is 11.0 Å². The summed E-state index contributed by atoms with van der Waals surface area (Å²) in [5.74, 6) is 0. The number of hydrogen-bond acceptors (Lipinski definition) is 4. The number of piperazine rings is 1. The Labute approximate surface area is 165 Å². The Morgan fingerprint density at radius 1 is 1.11 bits per heavy atom. The second kappa shape index (κ2) is 7.98. The molecule has 0 unspecified atom stereocenters. The number of sulfonamides is 1. The van der Waals surface area contributed by atoms with Gasteiger partial charge < -0.3 is 4.90 Å². The van der Waals surface area contributed by atoms with Crippen molar-refractivity contribution in [3.8, 4) is 0 Å². The van der Waals surface area contributed by atoms with Crippen LogP contribution in [0.4, 0.5) is 5.69 Å². The molecule has 0 saturated carbocycles. The van der Waals surface area contributed by atoms with E-state index in [1.807, 2.05) is 39.0 Å². The van der Waals surface area contributed by atoms with Gasteiger partial charge in [-0.1, -0.05) is 29.8 Å².